The summed E-state index contributed by atoms with van der Waals surface area (Å²) in [5, 5.41) is 5.97. The third-order valence-corrected chi connectivity index (χ3v) is 4.32. The fourth-order valence-corrected chi connectivity index (χ4v) is 2.79. The number of nitrogens with one attached hydrogen (secondary N) is 2. The van der Waals surface area contributed by atoms with Crippen LogP contribution in [-0.4, -0.2) is 36.6 Å². The lowest BCUT2D eigenvalue weighted by Crippen LogP contribution is -2.25. The summed E-state index contributed by atoms with van der Waals surface area (Å²) in [4.78, 5) is 20.7. The monoisotopic (exact) mass is 392 g/mol. The summed E-state index contributed by atoms with van der Waals surface area (Å²) in [6, 6.07) is 15.6. The molecular weight excluding hydrogens is 368 g/mol. The molecule has 1 amide bonds. The Morgan fingerprint density at radius 1 is 0.966 bits per heavy atom. The van der Waals surface area contributed by atoms with E-state index in [1.807, 2.05) is 24.3 Å². The van der Waals surface area contributed by atoms with Gasteiger partial charge in [-0.2, -0.15) is 0 Å². The van der Waals surface area contributed by atoms with Gasteiger partial charge in [0.15, 0.2) is 11.5 Å². The zero-order valence-electron chi connectivity index (χ0n) is 16.5. The number of carbonyl (C=O) groups is 1. The van der Waals surface area contributed by atoms with E-state index in [1.165, 1.54) is 18.0 Å². The highest BCUT2D eigenvalue weighted by molar-refractivity contribution is 5.93. The molecule has 150 valence electrons. The highest BCUT2D eigenvalue weighted by atomic mass is 16.5. The van der Waals surface area contributed by atoms with Gasteiger partial charge in [0.1, 0.15) is 0 Å². The first-order valence-electron chi connectivity index (χ1n) is 9.33. The first-order chi connectivity index (χ1) is 14.2. The summed E-state index contributed by atoms with van der Waals surface area (Å²) in [5.41, 5.74) is 2.43. The number of methoxy groups -OCH3 is 2. The zero-order chi connectivity index (χ0) is 20.5. The molecule has 0 aliphatic heterocycles. The van der Waals surface area contributed by atoms with Gasteiger partial charge < -0.3 is 20.1 Å². The summed E-state index contributed by atoms with van der Waals surface area (Å²) in [6.45, 7) is 0.597. The van der Waals surface area contributed by atoms with E-state index < -0.39 is 0 Å². The molecule has 2 aromatic carbocycles. The molecule has 0 unspecified atom stereocenters. The molecule has 0 atom stereocenters. The quantitative estimate of drug-likeness (QED) is 0.541. The number of nitrogens with zero attached hydrogens (tertiary/aromatic N) is 2. The van der Waals surface area contributed by atoms with Crippen molar-refractivity contribution in [2.24, 2.45) is 0 Å². The molecule has 0 aliphatic carbocycles. The largest absolute Gasteiger partial charge is 0.493 e. The maximum Gasteiger partial charge on any atom is 0.254 e. The first-order valence-corrected chi connectivity index (χ1v) is 9.33. The van der Waals surface area contributed by atoms with Crippen LogP contribution in [0.2, 0.25) is 0 Å². The van der Waals surface area contributed by atoms with Crippen LogP contribution in [0.25, 0.3) is 0 Å². The van der Waals surface area contributed by atoms with Crippen LogP contribution in [0.4, 0.5) is 11.6 Å². The third-order valence-electron chi connectivity index (χ3n) is 4.32. The summed E-state index contributed by atoms with van der Waals surface area (Å²) >= 11 is 0. The number of ether oxygens (including phenoxy) is 2. The van der Waals surface area contributed by atoms with Crippen molar-refractivity contribution >= 4 is 17.5 Å². The minimum atomic E-state index is -0.185. The van der Waals surface area contributed by atoms with Gasteiger partial charge in [0, 0.05) is 30.7 Å². The first kappa shape index (κ1) is 20.1. The molecule has 0 radical (unpaired) electrons. The SMILES string of the molecule is COc1ccc(Nc2ncc(C(=O)NCCCc3ccccc3)cn2)cc1OC. The average Bonchev–Trinajstić information content (AvgIpc) is 2.77. The highest BCUT2D eigenvalue weighted by Crippen LogP contribution is 2.30. The summed E-state index contributed by atoms with van der Waals surface area (Å²) in [6.07, 6.45) is 4.80. The Balaban J connectivity index is 1.51. The second-order valence-electron chi connectivity index (χ2n) is 6.34. The molecule has 0 bridgehead atoms. The Bertz CT molecular complexity index is 931. The standard InChI is InChI=1S/C22H24N4O3/c1-28-19-11-10-18(13-20(19)29-2)26-22-24-14-17(15-25-22)21(27)23-12-6-9-16-7-4-3-5-8-16/h3-5,7-8,10-11,13-15H,6,9,12H2,1-2H3,(H,23,27)(H,24,25,26). The molecule has 29 heavy (non-hydrogen) atoms. The van der Waals surface area contributed by atoms with E-state index in [2.05, 4.69) is 32.7 Å². The van der Waals surface area contributed by atoms with E-state index in [0.29, 0.717) is 29.6 Å². The van der Waals surface area contributed by atoms with Crippen molar-refractivity contribution in [1.82, 2.24) is 15.3 Å². The normalized spacial score (nSPS) is 10.3. The molecule has 0 saturated carbocycles. The minimum Gasteiger partial charge on any atom is -0.493 e. The van der Waals surface area contributed by atoms with Crippen LogP contribution in [0.3, 0.4) is 0 Å². The van der Waals surface area contributed by atoms with E-state index >= 15 is 0 Å². The maximum absolute atomic E-state index is 12.2. The number of hydrogen-bond acceptors (Lipinski definition) is 6. The van der Waals surface area contributed by atoms with Gasteiger partial charge in [0.05, 0.1) is 19.8 Å². The summed E-state index contributed by atoms with van der Waals surface area (Å²) < 4.78 is 10.5. The molecule has 7 heteroatoms. The molecule has 0 saturated heterocycles. The van der Waals surface area contributed by atoms with Crippen molar-refractivity contribution in [1.29, 1.82) is 0 Å². The summed E-state index contributed by atoms with van der Waals surface area (Å²) in [7, 11) is 3.16. The predicted octanol–water partition coefficient (Wildman–Crippen LogP) is 3.60. The molecule has 7 nitrogen and oxygen atoms in total. The maximum atomic E-state index is 12.2. The van der Waals surface area contributed by atoms with E-state index in [1.54, 1.807) is 26.4 Å². The van der Waals surface area contributed by atoms with Crippen molar-refractivity contribution < 1.29 is 14.3 Å². The van der Waals surface area contributed by atoms with Crippen molar-refractivity contribution in [3.63, 3.8) is 0 Å². The van der Waals surface area contributed by atoms with E-state index in [-0.39, 0.29) is 5.91 Å². The predicted molar refractivity (Wildman–Crippen MR) is 112 cm³/mol. The van der Waals surface area contributed by atoms with Crippen LogP contribution < -0.4 is 20.1 Å². The van der Waals surface area contributed by atoms with Gasteiger partial charge in [-0.3, -0.25) is 4.79 Å². The molecule has 3 rings (SSSR count). The van der Waals surface area contributed by atoms with Gasteiger partial charge in [-0.25, -0.2) is 9.97 Å². The zero-order valence-corrected chi connectivity index (χ0v) is 16.5. The van der Waals surface area contributed by atoms with Crippen LogP contribution in [0.1, 0.15) is 22.3 Å². The Morgan fingerprint density at radius 2 is 1.69 bits per heavy atom. The average molecular weight is 392 g/mol. The fourth-order valence-electron chi connectivity index (χ4n) is 2.79. The number of carbonyl (C=O) groups excluding carboxylic acids is 1. The Kier molecular flexibility index (Phi) is 7.00. The number of anilines is 2. The Hall–Kier alpha value is -3.61. The topological polar surface area (TPSA) is 85.4 Å². The van der Waals surface area contributed by atoms with Gasteiger partial charge in [-0.1, -0.05) is 30.3 Å². The van der Waals surface area contributed by atoms with E-state index in [4.69, 9.17) is 9.47 Å². The second-order valence-corrected chi connectivity index (χ2v) is 6.34. The molecule has 1 heterocycles. The highest BCUT2D eigenvalue weighted by Gasteiger charge is 2.08. The molecule has 0 aliphatic rings. The van der Waals surface area contributed by atoms with E-state index in [0.717, 1.165) is 18.5 Å². The fraction of sp³-hybridized carbons (Fsp3) is 0.227. The van der Waals surface area contributed by atoms with Gasteiger partial charge in [0.2, 0.25) is 5.95 Å². The lowest BCUT2D eigenvalue weighted by Gasteiger charge is -2.10. The number of hydrogen-bond donors (Lipinski definition) is 2. The van der Waals surface area contributed by atoms with Crippen LogP contribution in [0.5, 0.6) is 11.5 Å². The molecule has 2 N–H and O–H groups in total. The van der Waals surface area contributed by atoms with Gasteiger partial charge in [-0.15, -0.1) is 0 Å². The van der Waals surface area contributed by atoms with Crippen LogP contribution in [-0.2, 0) is 6.42 Å². The number of aryl methyl sites for hydroxylation is 1. The third kappa shape index (κ3) is 5.68. The number of aromatic nitrogens is 2. The second kappa shape index (κ2) is 10.1. The lowest BCUT2D eigenvalue weighted by molar-refractivity contribution is 0.0952. The lowest BCUT2D eigenvalue weighted by atomic mass is 10.1. The van der Waals surface area contributed by atoms with Crippen LogP contribution >= 0.6 is 0 Å². The van der Waals surface area contributed by atoms with Gasteiger partial charge in [-0.05, 0) is 30.5 Å². The molecular formula is C22H24N4O3. The van der Waals surface area contributed by atoms with Crippen molar-refractivity contribution in [2.75, 3.05) is 26.1 Å². The van der Waals surface area contributed by atoms with Crippen molar-refractivity contribution in [2.45, 2.75) is 12.8 Å². The Morgan fingerprint density at radius 3 is 2.38 bits per heavy atom. The number of benzene rings is 2. The van der Waals surface area contributed by atoms with Gasteiger partial charge >= 0.3 is 0 Å². The van der Waals surface area contributed by atoms with Gasteiger partial charge in [0.25, 0.3) is 5.91 Å². The number of rotatable bonds is 9. The molecule has 0 fully saturated rings. The van der Waals surface area contributed by atoms with Crippen LogP contribution in [0.15, 0.2) is 60.9 Å². The molecule has 1 aromatic heterocycles. The summed E-state index contributed by atoms with van der Waals surface area (Å²) in [5.74, 6) is 1.44. The van der Waals surface area contributed by atoms with Crippen molar-refractivity contribution in [3.8, 4) is 11.5 Å². The Labute approximate surface area is 170 Å². The molecule has 0 spiro atoms. The smallest absolute Gasteiger partial charge is 0.254 e. The van der Waals surface area contributed by atoms with E-state index in [9.17, 15) is 4.79 Å². The van der Waals surface area contributed by atoms with Crippen LogP contribution in [0, 0.1) is 0 Å². The van der Waals surface area contributed by atoms with Crippen molar-refractivity contribution in [3.05, 3.63) is 72.1 Å². The number of amides is 1. The minimum absolute atomic E-state index is 0.185. The molecule has 3 aromatic rings.